The first-order chi connectivity index (χ1) is 11.8. The maximum absolute atomic E-state index is 11.8. The summed E-state index contributed by atoms with van der Waals surface area (Å²) >= 11 is 0. The number of rotatable bonds is 8. The molecule has 130 valence electrons. The normalized spacial score (nSPS) is 13.7. The standard InChI is InChI=1S/C19H25NO4/c1-2-22-11-5-10-20-19(21)13-23-14-8-9-18-16(12-14)15-6-3-4-7-17(15)24-18/h8-9,12H,2-7,10-11,13H2,1H3,(H,20,21). The summed E-state index contributed by atoms with van der Waals surface area (Å²) in [5.41, 5.74) is 2.22. The fourth-order valence-corrected chi connectivity index (χ4v) is 3.08. The van der Waals surface area contributed by atoms with Crippen molar-refractivity contribution in [3.05, 3.63) is 29.5 Å². The van der Waals surface area contributed by atoms with Crippen molar-refractivity contribution < 1.29 is 18.7 Å². The number of furan rings is 1. The Morgan fingerprint density at radius 2 is 2.17 bits per heavy atom. The summed E-state index contributed by atoms with van der Waals surface area (Å²) in [5.74, 6) is 1.71. The zero-order valence-electron chi connectivity index (χ0n) is 14.2. The summed E-state index contributed by atoms with van der Waals surface area (Å²) in [7, 11) is 0. The van der Waals surface area contributed by atoms with Crippen LogP contribution in [0.25, 0.3) is 11.0 Å². The predicted octanol–water partition coefficient (Wildman–Crippen LogP) is 3.23. The Hall–Kier alpha value is -2.01. The molecular weight excluding hydrogens is 306 g/mol. The molecule has 2 aromatic rings. The van der Waals surface area contributed by atoms with Gasteiger partial charge in [0.2, 0.25) is 0 Å². The minimum absolute atomic E-state index is 0.0280. The highest BCUT2D eigenvalue weighted by Crippen LogP contribution is 2.33. The summed E-state index contributed by atoms with van der Waals surface area (Å²) in [5, 5.41) is 3.96. The molecule has 0 spiro atoms. The lowest BCUT2D eigenvalue weighted by atomic mass is 9.96. The Balaban J connectivity index is 1.53. The van der Waals surface area contributed by atoms with Gasteiger partial charge in [-0.1, -0.05) is 0 Å². The lowest BCUT2D eigenvalue weighted by molar-refractivity contribution is -0.123. The molecule has 1 N–H and O–H groups in total. The van der Waals surface area contributed by atoms with E-state index in [1.165, 1.54) is 18.4 Å². The zero-order valence-corrected chi connectivity index (χ0v) is 14.2. The van der Waals surface area contributed by atoms with Crippen LogP contribution in [0.1, 0.15) is 37.5 Å². The summed E-state index contributed by atoms with van der Waals surface area (Å²) < 4.78 is 16.8. The van der Waals surface area contributed by atoms with Crippen molar-refractivity contribution in [2.45, 2.75) is 39.0 Å². The highest BCUT2D eigenvalue weighted by Gasteiger charge is 2.18. The van der Waals surface area contributed by atoms with Crippen LogP contribution in [0.5, 0.6) is 5.75 Å². The van der Waals surface area contributed by atoms with E-state index in [0.717, 1.165) is 36.0 Å². The molecule has 1 heterocycles. The Morgan fingerprint density at radius 3 is 3.04 bits per heavy atom. The Labute approximate surface area is 142 Å². The van der Waals surface area contributed by atoms with E-state index in [9.17, 15) is 4.79 Å². The quantitative estimate of drug-likeness (QED) is 0.755. The molecule has 0 unspecified atom stereocenters. The van der Waals surface area contributed by atoms with Crippen LogP contribution in [0.3, 0.4) is 0 Å². The average Bonchev–Trinajstić information content (AvgIpc) is 2.98. The number of benzene rings is 1. The molecule has 1 aliphatic rings. The summed E-state index contributed by atoms with van der Waals surface area (Å²) in [6.07, 6.45) is 5.29. The number of nitrogens with one attached hydrogen (secondary N) is 1. The van der Waals surface area contributed by atoms with Gasteiger partial charge >= 0.3 is 0 Å². The van der Waals surface area contributed by atoms with Crippen molar-refractivity contribution in [2.24, 2.45) is 0 Å². The molecule has 1 aliphatic carbocycles. The van der Waals surface area contributed by atoms with Crippen LogP contribution in [-0.4, -0.2) is 32.3 Å². The van der Waals surface area contributed by atoms with E-state index < -0.39 is 0 Å². The second-order valence-electron chi connectivity index (χ2n) is 6.06. The van der Waals surface area contributed by atoms with Gasteiger partial charge in [0.15, 0.2) is 6.61 Å². The van der Waals surface area contributed by atoms with Crippen LogP contribution in [0, 0.1) is 0 Å². The van der Waals surface area contributed by atoms with E-state index in [0.29, 0.717) is 25.5 Å². The monoisotopic (exact) mass is 331 g/mol. The summed E-state index contributed by atoms with van der Waals surface area (Å²) in [6, 6.07) is 5.79. The van der Waals surface area contributed by atoms with Gasteiger partial charge in [-0.25, -0.2) is 0 Å². The topological polar surface area (TPSA) is 60.7 Å². The molecule has 3 rings (SSSR count). The number of carbonyl (C=O) groups excluding carboxylic acids is 1. The first-order valence-electron chi connectivity index (χ1n) is 8.79. The molecule has 1 aromatic heterocycles. The fourth-order valence-electron chi connectivity index (χ4n) is 3.08. The number of aryl methyl sites for hydroxylation is 2. The molecule has 24 heavy (non-hydrogen) atoms. The molecule has 1 amide bonds. The van der Waals surface area contributed by atoms with E-state index in [1.54, 1.807) is 0 Å². The van der Waals surface area contributed by atoms with E-state index in [2.05, 4.69) is 5.32 Å². The van der Waals surface area contributed by atoms with Crippen molar-refractivity contribution in [1.82, 2.24) is 5.32 Å². The molecule has 0 saturated heterocycles. The lowest BCUT2D eigenvalue weighted by Crippen LogP contribution is -2.30. The summed E-state index contributed by atoms with van der Waals surface area (Å²) in [4.78, 5) is 11.8. The first-order valence-corrected chi connectivity index (χ1v) is 8.79. The SMILES string of the molecule is CCOCCCNC(=O)COc1ccc2oc3c(c2c1)CCCC3. The number of fused-ring (bicyclic) bond motifs is 3. The van der Waals surface area contributed by atoms with Gasteiger partial charge in [0, 0.05) is 37.1 Å². The number of ether oxygens (including phenoxy) is 2. The third kappa shape index (κ3) is 4.09. The molecule has 1 aromatic carbocycles. The van der Waals surface area contributed by atoms with E-state index in [4.69, 9.17) is 13.9 Å². The lowest BCUT2D eigenvalue weighted by Gasteiger charge is -2.09. The van der Waals surface area contributed by atoms with Crippen molar-refractivity contribution in [1.29, 1.82) is 0 Å². The number of hydrogen-bond acceptors (Lipinski definition) is 4. The molecule has 0 aliphatic heterocycles. The van der Waals surface area contributed by atoms with Gasteiger partial charge in [0.05, 0.1) is 0 Å². The van der Waals surface area contributed by atoms with Gasteiger partial charge in [0.25, 0.3) is 5.91 Å². The first kappa shape index (κ1) is 16.8. The van der Waals surface area contributed by atoms with Crippen LogP contribution in [-0.2, 0) is 22.4 Å². The van der Waals surface area contributed by atoms with Crippen LogP contribution < -0.4 is 10.1 Å². The van der Waals surface area contributed by atoms with Gasteiger partial charge in [-0.15, -0.1) is 0 Å². The van der Waals surface area contributed by atoms with E-state index in [1.807, 2.05) is 25.1 Å². The molecule has 0 saturated carbocycles. The second-order valence-corrected chi connectivity index (χ2v) is 6.06. The third-order valence-electron chi connectivity index (χ3n) is 4.29. The molecule has 0 fully saturated rings. The van der Waals surface area contributed by atoms with Crippen LogP contribution in [0.15, 0.2) is 22.6 Å². The smallest absolute Gasteiger partial charge is 0.257 e. The second kappa shape index (κ2) is 8.20. The van der Waals surface area contributed by atoms with Gasteiger partial charge in [-0.05, 0) is 50.8 Å². The van der Waals surface area contributed by atoms with Crippen molar-refractivity contribution in [3.63, 3.8) is 0 Å². The van der Waals surface area contributed by atoms with Crippen LogP contribution >= 0.6 is 0 Å². The van der Waals surface area contributed by atoms with Gasteiger partial charge in [0.1, 0.15) is 17.1 Å². The molecule has 0 atom stereocenters. The predicted molar refractivity (Wildman–Crippen MR) is 92.5 cm³/mol. The van der Waals surface area contributed by atoms with Gasteiger partial charge < -0.3 is 19.2 Å². The Kier molecular flexibility index (Phi) is 5.75. The third-order valence-corrected chi connectivity index (χ3v) is 4.29. The summed E-state index contributed by atoms with van der Waals surface area (Å²) in [6.45, 7) is 3.97. The van der Waals surface area contributed by atoms with Crippen LogP contribution in [0.2, 0.25) is 0 Å². The highest BCUT2D eigenvalue weighted by atomic mass is 16.5. The molecular formula is C19H25NO4. The van der Waals surface area contributed by atoms with Crippen molar-refractivity contribution >= 4 is 16.9 Å². The number of carbonyl (C=O) groups is 1. The average molecular weight is 331 g/mol. The van der Waals surface area contributed by atoms with Crippen molar-refractivity contribution in [3.8, 4) is 5.75 Å². The molecule has 0 radical (unpaired) electrons. The van der Waals surface area contributed by atoms with E-state index in [-0.39, 0.29) is 12.5 Å². The minimum atomic E-state index is -0.110. The number of hydrogen-bond donors (Lipinski definition) is 1. The minimum Gasteiger partial charge on any atom is -0.484 e. The Bertz CT molecular complexity index is 692. The van der Waals surface area contributed by atoms with E-state index >= 15 is 0 Å². The highest BCUT2D eigenvalue weighted by molar-refractivity contribution is 5.84. The van der Waals surface area contributed by atoms with Crippen LogP contribution in [0.4, 0.5) is 0 Å². The fraction of sp³-hybridized carbons (Fsp3) is 0.526. The zero-order chi connectivity index (χ0) is 16.8. The number of amides is 1. The molecule has 5 nitrogen and oxygen atoms in total. The van der Waals surface area contributed by atoms with Gasteiger partial charge in [-0.3, -0.25) is 4.79 Å². The maximum Gasteiger partial charge on any atom is 0.257 e. The van der Waals surface area contributed by atoms with Crippen molar-refractivity contribution in [2.75, 3.05) is 26.4 Å². The molecule has 0 bridgehead atoms. The maximum atomic E-state index is 11.8. The largest absolute Gasteiger partial charge is 0.484 e. The molecule has 5 heteroatoms. The van der Waals surface area contributed by atoms with Gasteiger partial charge in [-0.2, -0.15) is 0 Å². The Morgan fingerprint density at radius 1 is 1.29 bits per heavy atom.